The largest absolute Gasteiger partial charge is 0.468 e. The van der Waals surface area contributed by atoms with Crippen LogP contribution in [-0.2, 0) is 9.53 Å². The molecule has 3 rings (SSSR count). The molecule has 0 bridgehead atoms. The van der Waals surface area contributed by atoms with E-state index < -0.39 is 11.2 Å². The Bertz CT molecular complexity index is 996. The molecule has 25 heavy (non-hydrogen) atoms. The Morgan fingerprint density at radius 3 is 2.64 bits per heavy atom. The number of benzene rings is 1. The lowest BCUT2D eigenvalue weighted by Gasteiger charge is -2.15. The topological polar surface area (TPSA) is 87.2 Å². The van der Waals surface area contributed by atoms with Crippen LogP contribution >= 0.6 is 23.1 Å². The van der Waals surface area contributed by atoms with Gasteiger partial charge in [-0.15, -0.1) is 11.3 Å². The number of methoxy groups -OCH3 is 1. The summed E-state index contributed by atoms with van der Waals surface area (Å²) in [7, 11) is 1.33. The zero-order valence-electron chi connectivity index (χ0n) is 14.0. The van der Waals surface area contributed by atoms with Crippen LogP contribution in [0.5, 0.6) is 0 Å². The lowest BCUT2D eigenvalue weighted by atomic mass is 10.1. The Morgan fingerprint density at radius 1 is 1.32 bits per heavy atom. The van der Waals surface area contributed by atoms with E-state index in [9.17, 15) is 9.59 Å². The number of aromatic nitrogens is 2. The molecule has 2 aromatic heterocycles. The molecule has 2 N–H and O–H groups in total. The van der Waals surface area contributed by atoms with Crippen molar-refractivity contribution in [3.8, 4) is 0 Å². The Morgan fingerprint density at radius 2 is 2.00 bits per heavy atom. The molecule has 3 aromatic rings. The van der Waals surface area contributed by atoms with E-state index in [4.69, 9.17) is 10.6 Å². The Labute approximate surface area is 152 Å². The van der Waals surface area contributed by atoms with Crippen LogP contribution in [0.25, 0.3) is 10.2 Å². The highest BCUT2D eigenvalue weighted by Gasteiger charge is 2.26. The summed E-state index contributed by atoms with van der Waals surface area (Å²) in [4.78, 5) is 31.0. The van der Waals surface area contributed by atoms with E-state index in [1.165, 1.54) is 18.4 Å². The first-order valence-electron chi connectivity index (χ1n) is 7.51. The van der Waals surface area contributed by atoms with Gasteiger partial charge in [-0.1, -0.05) is 42.1 Å². The number of nitrogens with two attached hydrogens (primary N) is 1. The van der Waals surface area contributed by atoms with Crippen molar-refractivity contribution in [3.05, 3.63) is 56.7 Å². The molecule has 1 aromatic carbocycles. The highest BCUT2D eigenvalue weighted by atomic mass is 32.2. The fourth-order valence-electron chi connectivity index (χ4n) is 2.46. The number of thioether (sulfide) groups is 1. The second kappa shape index (κ2) is 6.89. The summed E-state index contributed by atoms with van der Waals surface area (Å²) in [6.45, 7) is 3.82. The van der Waals surface area contributed by atoms with Crippen molar-refractivity contribution < 1.29 is 9.53 Å². The summed E-state index contributed by atoms with van der Waals surface area (Å²) < 4.78 is 5.91. The predicted molar refractivity (Wildman–Crippen MR) is 101 cm³/mol. The zero-order valence-corrected chi connectivity index (χ0v) is 15.6. The molecule has 0 amide bonds. The molecule has 0 aliphatic heterocycles. The van der Waals surface area contributed by atoms with Crippen molar-refractivity contribution >= 4 is 39.3 Å². The van der Waals surface area contributed by atoms with Crippen LogP contribution < -0.4 is 11.4 Å². The van der Waals surface area contributed by atoms with E-state index in [1.807, 2.05) is 44.2 Å². The number of hydrogen-bond acceptors (Lipinski definition) is 7. The Balaban J connectivity index is 2.10. The third-order valence-electron chi connectivity index (χ3n) is 3.94. The fourth-order valence-corrected chi connectivity index (χ4v) is 4.58. The maximum atomic E-state index is 12.6. The Hall–Kier alpha value is -2.32. The summed E-state index contributed by atoms with van der Waals surface area (Å²) in [6.07, 6.45) is 0. The van der Waals surface area contributed by atoms with Crippen LogP contribution in [0.15, 0.2) is 40.3 Å². The molecular formula is C17H17N3O3S2. The summed E-state index contributed by atoms with van der Waals surface area (Å²) in [5.74, 6) is 5.54. The number of nitrogen functional groups attached to an aromatic ring is 1. The SMILES string of the molecule is COC(=O)C(Sc1nc2sc(C)c(C)c2c(=O)n1N)c1ccccc1. The first-order valence-corrected chi connectivity index (χ1v) is 9.21. The molecular weight excluding hydrogens is 358 g/mol. The van der Waals surface area contributed by atoms with Gasteiger partial charge < -0.3 is 10.6 Å². The van der Waals surface area contributed by atoms with Crippen LogP contribution in [0.2, 0.25) is 0 Å². The van der Waals surface area contributed by atoms with Crippen LogP contribution in [0.4, 0.5) is 0 Å². The molecule has 0 radical (unpaired) electrons. The van der Waals surface area contributed by atoms with Gasteiger partial charge in [0.15, 0.2) is 5.16 Å². The van der Waals surface area contributed by atoms with Crippen LogP contribution in [0.1, 0.15) is 21.3 Å². The second-order valence-electron chi connectivity index (χ2n) is 5.46. The number of hydrogen-bond donors (Lipinski definition) is 1. The van der Waals surface area contributed by atoms with Crippen LogP contribution in [-0.4, -0.2) is 22.7 Å². The van der Waals surface area contributed by atoms with E-state index >= 15 is 0 Å². The summed E-state index contributed by atoms with van der Waals surface area (Å²) in [6, 6.07) is 9.19. The molecule has 1 atom stereocenters. The predicted octanol–water partition coefficient (Wildman–Crippen LogP) is 2.80. The first kappa shape index (κ1) is 17.5. The van der Waals surface area contributed by atoms with Gasteiger partial charge in [-0.25, -0.2) is 9.66 Å². The number of carbonyl (C=O) groups excluding carboxylic acids is 1. The van der Waals surface area contributed by atoms with Crippen molar-refractivity contribution in [1.29, 1.82) is 0 Å². The third kappa shape index (κ3) is 3.14. The molecule has 2 heterocycles. The lowest BCUT2D eigenvalue weighted by molar-refractivity contribution is -0.140. The average molecular weight is 375 g/mol. The Kier molecular flexibility index (Phi) is 4.82. The normalized spacial score (nSPS) is 12.3. The standard InChI is InChI=1S/C17H17N3O3S2/c1-9-10(2)24-14-12(9)15(21)20(18)17(19-14)25-13(16(22)23-3)11-7-5-4-6-8-11/h4-8,13H,18H2,1-3H3. The molecule has 1 unspecified atom stereocenters. The highest BCUT2D eigenvalue weighted by molar-refractivity contribution is 8.00. The smallest absolute Gasteiger partial charge is 0.323 e. The molecule has 0 aliphatic carbocycles. The number of ether oxygens (including phenoxy) is 1. The van der Waals surface area contributed by atoms with Gasteiger partial charge in [0.25, 0.3) is 5.56 Å². The molecule has 0 aliphatic rings. The maximum absolute atomic E-state index is 12.6. The minimum atomic E-state index is -0.660. The van der Waals surface area contributed by atoms with Gasteiger partial charge in [0.2, 0.25) is 0 Å². The molecule has 6 nitrogen and oxygen atoms in total. The molecule has 0 spiro atoms. The maximum Gasteiger partial charge on any atom is 0.323 e. The van der Waals surface area contributed by atoms with Crippen molar-refractivity contribution in [2.24, 2.45) is 0 Å². The summed E-state index contributed by atoms with van der Waals surface area (Å²) >= 11 is 2.55. The highest BCUT2D eigenvalue weighted by Crippen LogP contribution is 2.36. The quantitative estimate of drug-likeness (QED) is 0.327. The molecule has 8 heteroatoms. The van der Waals surface area contributed by atoms with E-state index in [2.05, 4.69) is 4.98 Å². The number of nitrogens with zero attached hydrogens (tertiary/aromatic N) is 2. The number of fused-ring (bicyclic) bond motifs is 1. The monoisotopic (exact) mass is 375 g/mol. The summed E-state index contributed by atoms with van der Waals surface area (Å²) in [5, 5.41) is 0.147. The van der Waals surface area contributed by atoms with E-state index in [0.717, 1.165) is 32.4 Å². The van der Waals surface area contributed by atoms with Gasteiger partial charge in [0.1, 0.15) is 10.1 Å². The third-order valence-corrected chi connectivity index (χ3v) is 6.24. The number of rotatable bonds is 4. The first-order chi connectivity index (χ1) is 11.9. The minimum absolute atomic E-state index is 0.276. The molecule has 0 fully saturated rings. The van der Waals surface area contributed by atoms with E-state index in [0.29, 0.717) is 10.2 Å². The van der Waals surface area contributed by atoms with Gasteiger partial charge in [-0.2, -0.15) is 0 Å². The van der Waals surface area contributed by atoms with Crippen molar-refractivity contribution in [3.63, 3.8) is 0 Å². The van der Waals surface area contributed by atoms with Crippen LogP contribution in [0.3, 0.4) is 0 Å². The summed E-state index contributed by atoms with van der Waals surface area (Å²) in [5.41, 5.74) is 1.33. The molecule has 0 saturated carbocycles. The van der Waals surface area contributed by atoms with Gasteiger partial charge in [-0.05, 0) is 25.0 Å². The van der Waals surface area contributed by atoms with Gasteiger partial charge in [0, 0.05) is 4.88 Å². The number of carbonyl (C=O) groups is 1. The van der Waals surface area contributed by atoms with Crippen LogP contribution in [0, 0.1) is 13.8 Å². The second-order valence-corrected chi connectivity index (χ2v) is 7.74. The van der Waals surface area contributed by atoms with Crippen molar-refractivity contribution in [1.82, 2.24) is 9.66 Å². The van der Waals surface area contributed by atoms with E-state index in [-0.39, 0.29) is 10.7 Å². The van der Waals surface area contributed by atoms with Gasteiger partial charge in [-0.3, -0.25) is 9.59 Å². The number of thiophene rings is 1. The fraction of sp³-hybridized carbons (Fsp3) is 0.235. The number of esters is 1. The van der Waals surface area contributed by atoms with Crippen molar-refractivity contribution in [2.45, 2.75) is 24.3 Å². The average Bonchev–Trinajstić information content (AvgIpc) is 2.91. The molecule has 130 valence electrons. The van der Waals surface area contributed by atoms with Gasteiger partial charge in [0.05, 0.1) is 12.5 Å². The minimum Gasteiger partial charge on any atom is -0.468 e. The zero-order chi connectivity index (χ0) is 18.1. The van der Waals surface area contributed by atoms with Crippen molar-refractivity contribution in [2.75, 3.05) is 13.0 Å². The van der Waals surface area contributed by atoms with E-state index in [1.54, 1.807) is 0 Å². The lowest BCUT2D eigenvalue weighted by Crippen LogP contribution is -2.30. The molecule has 0 saturated heterocycles. The number of aryl methyl sites for hydroxylation is 2. The van der Waals surface area contributed by atoms with Gasteiger partial charge >= 0.3 is 5.97 Å².